The standard InChI is InChI=1S/C22H17FN6O3/c23-12-5-6-14-17(9-12)28(11-24-14)21-25-15(10-30)19-20(27-21)29(22(31)26-19)16-7-8-32-18-4-2-1-3-13(16)18/h1-6,9,11,16,30H,7-8,10H2,(H,26,31). The summed E-state index contributed by atoms with van der Waals surface area (Å²) in [5.74, 6) is 0.487. The quantitative estimate of drug-likeness (QED) is 0.453. The summed E-state index contributed by atoms with van der Waals surface area (Å²) in [5.41, 5.74) is 2.55. The number of aliphatic hydroxyl groups is 1. The highest BCUT2D eigenvalue weighted by Crippen LogP contribution is 2.35. The van der Waals surface area contributed by atoms with Gasteiger partial charge in [-0.3, -0.25) is 9.13 Å². The van der Waals surface area contributed by atoms with Crippen molar-refractivity contribution in [2.45, 2.75) is 19.1 Å². The first-order valence-electron chi connectivity index (χ1n) is 10.1. The topological polar surface area (TPSA) is 111 Å². The summed E-state index contributed by atoms with van der Waals surface area (Å²) in [6, 6.07) is 11.5. The Balaban J connectivity index is 1.61. The Hall–Kier alpha value is -4.05. The van der Waals surface area contributed by atoms with Crippen molar-refractivity contribution >= 4 is 22.2 Å². The molecule has 32 heavy (non-hydrogen) atoms. The summed E-state index contributed by atoms with van der Waals surface area (Å²) in [6.45, 7) is 0.0500. The van der Waals surface area contributed by atoms with Gasteiger partial charge in [0.2, 0.25) is 5.95 Å². The van der Waals surface area contributed by atoms with Crippen molar-refractivity contribution in [3.63, 3.8) is 0 Å². The number of benzene rings is 2. The summed E-state index contributed by atoms with van der Waals surface area (Å²) in [6.07, 6.45) is 2.07. The molecular formula is C22H17FN6O3. The zero-order valence-electron chi connectivity index (χ0n) is 16.7. The van der Waals surface area contributed by atoms with Gasteiger partial charge in [0.15, 0.2) is 5.65 Å². The van der Waals surface area contributed by atoms with Crippen molar-refractivity contribution in [3.8, 4) is 11.7 Å². The first-order valence-corrected chi connectivity index (χ1v) is 10.1. The molecule has 0 bridgehead atoms. The number of rotatable bonds is 3. The van der Waals surface area contributed by atoms with Crippen LogP contribution in [0.2, 0.25) is 0 Å². The maximum Gasteiger partial charge on any atom is 0.328 e. The highest BCUT2D eigenvalue weighted by atomic mass is 19.1. The van der Waals surface area contributed by atoms with Gasteiger partial charge in [-0.05, 0) is 18.2 Å². The molecule has 0 aliphatic carbocycles. The van der Waals surface area contributed by atoms with Crippen molar-refractivity contribution < 1.29 is 14.2 Å². The Kier molecular flexibility index (Phi) is 4.08. The summed E-state index contributed by atoms with van der Waals surface area (Å²) >= 11 is 0. The SMILES string of the molecule is O=c1[nH]c2c(CO)nc(-n3cnc4ccc(F)cc43)nc2n1C1CCOc2ccccc21. The molecule has 10 heteroatoms. The molecule has 0 saturated carbocycles. The van der Waals surface area contributed by atoms with Crippen LogP contribution in [0.1, 0.15) is 23.7 Å². The van der Waals surface area contributed by atoms with E-state index in [0.29, 0.717) is 35.2 Å². The van der Waals surface area contributed by atoms with Crippen molar-refractivity contribution in [2.24, 2.45) is 0 Å². The van der Waals surface area contributed by atoms with E-state index in [-0.39, 0.29) is 23.4 Å². The molecule has 0 fully saturated rings. The van der Waals surface area contributed by atoms with Crippen LogP contribution in [-0.4, -0.2) is 40.8 Å². The average Bonchev–Trinajstić information content (AvgIpc) is 3.37. The maximum atomic E-state index is 13.9. The second-order valence-corrected chi connectivity index (χ2v) is 7.57. The fourth-order valence-corrected chi connectivity index (χ4v) is 4.29. The van der Waals surface area contributed by atoms with Gasteiger partial charge in [-0.2, -0.15) is 4.98 Å². The average molecular weight is 432 g/mol. The lowest BCUT2D eigenvalue weighted by molar-refractivity contribution is 0.256. The molecule has 2 aromatic carbocycles. The molecule has 5 aromatic rings. The second-order valence-electron chi connectivity index (χ2n) is 7.57. The zero-order chi connectivity index (χ0) is 21.8. The molecule has 1 unspecified atom stereocenters. The van der Waals surface area contributed by atoms with E-state index in [1.807, 2.05) is 24.3 Å². The molecule has 3 aromatic heterocycles. The third kappa shape index (κ3) is 2.73. The van der Waals surface area contributed by atoms with Crippen LogP contribution >= 0.6 is 0 Å². The van der Waals surface area contributed by atoms with E-state index in [0.717, 1.165) is 11.3 Å². The number of para-hydroxylation sites is 1. The van der Waals surface area contributed by atoms with Crippen LogP contribution in [0.5, 0.6) is 5.75 Å². The number of nitrogens with zero attached hydrogens (tertiary/aromatic N) is 5. The molecule has 1 aliphatic heterocycles. The lowest BCUT2D eigenvalue weighted by Crippen LogP contribution is -2.28. The van der Waals surface area contributed by atoms with Gasteiger partial charge in [-0.1, -0.05) is 18.2 Å². The Morgan fingerprint density at radius 3 is 2.97 bits per heavy atom. The smallest absolute Gasteiger partial charge is 0.328 e. The fourth-order valence-electron chi connectivity index (χ4n) is 4.29. The molecule has 4 heterocycles. The molecule has 1 aliphatic rings. The molecule has 9 nitrogen and oxygen atoms in total. The molecule has 160 valence electrons. The number of ether oxygens (including phenoxy) is 1. The molecule has 1 atom stereocenters. The minimum Gasteiger partial charge on any atom is -0.493 e. The van der Waals surface area contributed by atoms with Crippen LogP contribution in [0.15, 0.2) is 53.6 Å². The Bertz CT molecular complexity index is 1550. The lowest BCUT2D eigenvalue weighted by Gasteiger charge is -2.26. The normalized spacial score (nSPS) is 15.8. The highest BCUT2D eigenvalue weighted by molar-refractivity contribution is 5.78. The van der Waals surface area contributed by atoms with E-state index in [4.69, 9.17) is 4.74 Å². The van der Waals surface area contributed by atoms with E-state index in [2.05, 4.69) is 19.9 Å². The molecule has 0 radical (unpaired) electrons. The van der Waals surface area contributed by atoms with Crippen LogP contribution in [0, 0.1) is 5.82 Å². The molecular weight excluding hydrogens is 415 g/mol. The number of aliphatic hydroxyl groups excluding tert-OH is 1. The monoisotopic (exact) mass is 432 g/mol. The number of hydrogen-bond acceptors (Lipinski definition) is 6. The second kappa shape index (κ2) is 6.99. The summed E-state index contributed by atoms with van der Waals surface area (Å²) in [7, 11) is 0. The number of nitrogens with one attached hydrogen (secondary N) is 1. The molecule has 6 rings (SSSR count). The van der Waals surface area contributed by atoms with Gasteiger partial charge in [0.05, 0.1) is 36.0 Å². The van der Waals surface area contributed by atoms with Gasteiger partial charge in [0.25, 0.3) is 0 Å². The minimum atomic E-state index is -0.417. The predicted molar refractivity (Wildman–Crippen MR) is 113 cm³/mol. The Morgan fingerprint density at radius 1 is 1.22 bits per heavy atom. The van der Waals surface area contributed by atoms with Gasteiger partial charge in [-0.15, -0.1) is 0 Å². The number of halogens is 1. The van der Waals surface area contributed by atoms with Crippen molar-refractivity contribution in [2.75, 3.05) is 6.61 Å². The van der Waals surface area contributed by atoms with Crippen LogP contribution in [0.25, 0.3) is 28.1 Å². The van der Waals surface area contributed by atoms with Gasteiger partial charge >= 0.3 is 5.69 Å². The van der Waals surface area contributed by atoms with E-state index < -0.39 is 12.4 Å². The number of aromatic nitrogens is 6. The summed E-state index contributed by atoms with van der Waals surface area (Å²) < 4.78 is 22.7. The maximum absolute atomic E-state index is 13.9. The van der Waals surface area contributed by atoms with Crippen LogP contribution in [0.3, 0.4) is 0 Å². The molecule has 2 N–H and O–H groups in total. The van der Waals surface area contributed by atoms with E-state index in [1.165, 1.54) is 23.0 Å². The van der Waals surface area contributed by atoms with Gasteiger partial charge in [0, 0.05) is 18.1 Å². The number of fused-ring (bicyclic) bond motifs is 3. The Labute approximate surface area is 179 Å². The molecule has 0 spiro atoms. The van der Waals surface area contributed by atoms with E-state index >= 15 is 0 Å². The van der Waals surface area contributed by atoms with Crippen molar-refractivity contribution in [3.05, 3.63) is 76.4 Å². The van der Waals surface area contributed by atoms with Gasteiger partial charge in [-0.25, -0.2) is 19.2 Å². The lowest BCUT2D eigenvalue weighted by atomic mass is 10.0. The van der Waals surface area contributed by atoms with E-state index in [9.17, 15) is 14.3 Å². The van der Waals surface area contributed by atoms with E-state index in [1.54, 1.807) is 10.6 Å². The first kappa shape index (κ1) is 18.7. The Morgan fingerprint density at radius 2 is 2.09 bits per heavy atom. The highest BCUT2D eigenvalue weighted by Gasteiger charge is 2.28. The first-order chi connectivity index (χ1) is 15.6. The number of hydrogen-bond donors (Lipinski definition) is 2. The number of aromatic amines is 1. The molecule has 0 amide bonds. The third-order valence-corrected chi connectivity index (χ3v) is 5.75. The predicted octanol–water partition coefficient (Wildman–Crippen LogP) is 2.46. The van der Waals surface area contributed by atoms with Gasteiger partial charge in [0.1, 0.15) is 23.4 Å². The van der Waals surface area contributed by atoms with Crippen LogP contribution < -0.4 is 10.4 Å². The number of imidazole rings is 2. The van der Waals surface area contributed by atoms with Gasteiger partial charge < -0.3 is 14.8 Å². The molecule has 0 saturated heterocycles. The third-order valence-electron chi connectivity index (χ3n) is 5.75. The fraction of sp³-hybridized carbons (Fsp3) is 0.182. The van der Waals surface area contributed by atoms with Crippen LogP contribution in [-0.2, 0) is 6.61 Å². The summed E-state index contributed by atoms with van der Waals surface area (Å²) in [5, 5.41) is 9.96. The van der Waals surface area contributed by atoms with Crippen LogP contribution in [0.4, 0.5) is 4.39 Å². The van der Waals surface area contributed by atoms with Crippen molar-refractivity contribution in [1.29, 1.82) is 0 Å². The number of H-pyrrole nitrogens is 1. The van der Waals surface area contributed by atoms with Crippen molar-refractivity contribution in [1.82, 2.24) is 29.1 Å². The largest absolute Gasteiger partial charge is 0.493 e. The zero-order valence-corrected chi connectivity index (χ0v) is 16.7. The summed E-state index contributed by atoms with van der Waals surface area (Å²) in [4.78, 5) is 29.2. The minimum absolute atomic E-state index is 0.183.